The Bertz CT molecular complexity index is 493. The first-order valence-electron chi connectivity index (χ1n) is 6.82. The van der Waals surface area contributed by atoms with E-state index in [-0.39, 0.29) is 11.8 Å². The number of nitrogens with one attached hydrogen (secondary N) is 1. The number of amides is 1. The number of aliphatic carboxylic acids is 1. The summed E-state index contributed by atoms with van der Waals surface area (Å²) in [7, 11) is 0. The van der Waals surface area contributed by atoms with Gasteiger partial charge >= 0.3 is 5.97 Å². The topological polar surface area (TPSA) is 66.4 Å². The van der Waals surface area contributed by atoms with Gasteiger partial charge < -0.3 is 10.4 Å². The average molecular weight is 360 g/mol. The molecule has 7 heteroatoms. The van der Waals surface area contributed by atoms with Gasteiger partial charge in [0, 0.05) is 28.1 Å². The molecule has 0 radical (unpaired) electrons. The third-order valence-corrected chi connectivity index (χ3v) is 5.45. The van der Waals surface area contributed by atoms with Gasteiger partial charge in [-0.15, -0.1) is 11.8 Å². The van der Waals surface area contributed by atoms with Gasteiger partial charge in [-0.2, -0.15) is 24.4 Å². The van der Waals surface area contributed by atoms with E-state index in [1.807, 2.05) is 30.5 Å². The monoisotopic (exact) mass is 359 g/mol. The van der Waals surface area contributed by atoms with Crippen LogP contribution in [0, 0.1) is 5.92 Å². The van der Waals surface area contributed by atoms with Crippen LogP contribution < -0.4 is 5.32 Å². The van der Waals surface area contributed by atoms with Gasteiger partial charge in [0.2, 0.25) is 5.91 Å². The summed E-state index contributed by atoms with van der Waals surface area (Å²) in [6.45, 7) is 1.72. The zero-order valence-corrected chi connectivity index (χ0v) is 15.1. The molecule has 1 rings (SSSR count). The molecule has 4 nitrogen and oxygen atoms in total. The molecule has 0 fully saturated rings. The number of hydrogen-bond acceptors (Lipinski definition) is 5. The zero-order chi connectivity index (χ0) is 16.5. The van der Waals surface area contributed by atoms with Gasteiger partial charge in [-0.1, -0.05) is 19.1 Å². The van der Waals surface area contributed by atoms with Gasteiger partial charge in [0.05, 0.1) is 0 Å². The van der Waals surface area contributed by atoms with Gasteiger partial charge in [-0.05, 0) is 24.0 Å². The van der Waals surface area contributed by atoms with Crippen LogP contribution in [0.4, 0.5) is 0 Å². The van der Waals surface area contributed by atoms with E-state index in [1.165, 1.54) is 16.7 Å². The first kappa shape index (κ1) is 19.3. The van der Waals surface area contributed by atoms with E-state index < -0.39 is 12.0 Å². The third-order valence-electron chi connectivity index (χ3n) is 3.05. The van der Waals surface area contributed by atoms with Crippen LogP contribution in [-0.2, 0) is 15.3 Å². The fourth-order valence-corrected chi connectivity index (χ4v) is 3.17. The Morgan fingerprint density at radius 1 is 1.32 bits per heavy atom. The van der Waals surface area contributed by atoms with Gasteiger partial charge in [-0.25, -0.2) is 4.79 Å². The molecule has 0 aliphatic heterocycles. The van der Waals surface area contributed by atoms with Crippen molar-refractivity contribution in [3.05, 3.63) is 29.8 Å². The van der Waals surface area contributed by atoms with Crippen LogP contribution in [0.1, 0.15) is 12.5 Å². The summed E-state index contributed by atoms with van der Waals surface area (Å²) in [4.78, 5) is 24.2. The van der Waals surface area contributed by atoms with Crippen LogP contribution in [0.25, 0.3) is 0 Å². The van der Waals surface area contributed by atoms with Crippen LogP contribution in [0.15, 0.2) is 29.2 Å². The summed E-state index contributed by atoms with van der Waals surface area (Å²) in [5.74, 6) is -0.125. The highest BCUT2D eigenvalue weighted by Gasteiger charge is 2.22. The second-order valence-corrected chi connectivity index (χ2v) is 7.12. The smallest absolute Gasteiger partial charge is 0.327 e. The molecule has 1 aromatic rings. The largest absolute Gasteiger partial charge is 0.480 e. The van der Waals surface area contributed by atoms with Gasteiger partial charge in [0.1, 0.15) is 6.04 Å². The Labute approximate surface area is 145 Å². The number of carboxylic acid groups (broad SMARTS) is 1. The number of carbonyl (C=O) groups excluding carboxylic acids is 1. The number of carbonyl (C=O) groups is 2. The van der Waals surface area contributed by atoms with E-state index in [1.54, 1.807) is 18.7 Å². The highest BCUT2D eigenvalue weighted by atomic mass is 32.2. The predicted molar refractivity (Wildman–Crippen MR) is 97.0 cm³/mol. The van der Waals surface area contributed by atoms with Crippen molar-refractivity contribution < 1.29 is 14.7 Å². The highest BCUT2D eigenvalue weighted by molar-refractivity contribution is 7.98. The molecule has 0 bridgehead atoms. The van der Waals surface area contributed by atoms with Crippen molar-refractivity contribution in [1.82, 2.24) is 5.32 Å². The van der Waals surface area contributed by atoms with Gasteiger partial charge in [0.25, 0.3) is 0 Å². The van der Waals surface area contributed by atoms with Crippen molar-refractivity contribution in [2.45, 2.75) is 23.6 Å². The summed E-state index contributed by atoms with van der Waals surface area (Å²) in [6, 6.07) is 7.30. The Balaban J connectivity index is 2.47. The normalized spacial score (nSPS) is 13.4. The minimum absolute atomic E-state index is 0.271. The summed E-state index contributed by atoms with van der Waals surface area (Å²) < 4.78 is 0. The number of thiol groups is 1. The maximum absolute atomic E-state index is 11.8. The van der Waals surface area contributed by atoms with Crippen molar-refractivity contribution in [3.8, 4) is 0 Å². The molecule has 0 aliphatic rings. The van der Waals surface area contributed by atoms with Crippen molar-refractivity contribution in [2.75, 3.05) is 17.8 Å². The quantitative estimate of drug-likeness (QED) is 0.467. The molecule has 22 heavy (non-hydrogen) atoms. The molecule has 2 N–H and O–H groups in total. The molecule has 122 valence electrons. The first-order chi connectivity index (χ1) is 10.5. The van der Waals surface area contributed by atoms with Crippen molar-refractivity contribution in [3.63, 3.8) is 0 Å². The number of benzene rings is 1. The van der Waals surface area contributed by atoms with E-state index in [2.05, 4.69) is 17.9 Å². The minimum Gasteiger partial charge on any atom is -0.480 e. The lowest BCUT2D eigenvalue weighted by Gasteiger charge is -2.16. The summed E-state index contributed by atoms with van der Waals surface area (Å²) in [5, 5.41) is 11.8. The summed E-state index contributed by atoms with van der Waals surface area (Å²) in [6.07, 6.45) is 2.02. The molecular weight excluding hydrogens is 338 g/mol. The van der Waals surface area contributed by atoms with E-state index in [4.69, 9.17) is 0 Å². The summed E-state index contributed by atoms with van der Waals surface area (Å²) in [5.41, 5.74) is 1.14. The molecule has 0 unspecified atom stereocenters. The van der Waals surface area contributed by atoms with Crippen LogP contribution in [0.2, 0.25) is 0 Å². The molecule has 0 aliphatic carbocycles. The lowest BCUT2D eigenvalue weighted by atomic mass is 10.2. The Hall–Kier alpha value is -0.790. The van der Waals surface area contributed by atoms with E-state index >= 15 is 0 Å². The van der Waals surface area contributed by atoms with E-state index in [0.717, 1.165) is 11.3 Å². The van der Waals surface area contributed by atoms with Crippen molar-refractivity contribution in [2.24, 2.45) is 5.92 Å². The van der Waals surface area contributed by atoms with Crippen molar-refractivity contribution >= 4 is 48.0 Å². The predicted octanol–water partition coefficient (Wildman–Crippen LogP) is 2.78. The number of thioether (sulfide) groups is 2. The van der Waals surface area contributed by atoms with Gasteiger partial charge in [0.15, 0.2) is 0 Å². The molecule has 0 spiro atoms. The molecule has 1 aromatic carbocycles. The third kappa shape index (κ3) is 6.54. The maximum Gasteiger partial charge on any atom is 0.327 e. The highest BCUT2D eigenvalue weighted by Crippen LogP contribution is 2.18. The SMILES string of the molecule is CSc1ccc(CSC[C@H](NC(=O)[C@H](C)CS)C(=O)O)cc1. The number of carboxylic acids is 1. The minimum atomic E-state index is -1.01. The molecule has 0 saturated heterocycles. The average Bonchev–Trinajstić information content (AvgIpc) is 2.53. The molecule has 0 saturated carbocycles. The maximum atomic E-state index is 11.8. The Morgan fingerprint density at radius 3 is 2.45 bits per heavy atom. The van der Waals surface area contributed by atoms with Crippen LogP contribution in [0.3, 0.4) is 0 Å². The van der Waals surface area contributed by atoms with Crippen molar-refractivity contribution in [1.29, 1.82) is 0 Å². The van der Waals surface area contributed by atoms with Crippen LogP contribution in [-0.4, -0.2) is 40.8 Å². The summed E-state index contributed by atoms with van der Waals surface area (Å²) >= 11 is 7.23. The number of rotatable bonds is 9. The molecule has 0 heterocycles. The van der Waals surface area contributed by atoms with Gasteiger partial charge in [-0.3, -0.25) is 4.79 Å². The Kier molecular flexibility index (Phi) is 8.82. The first-order valence-corrected chi connectivity index (χ1v) is 9.83. The standard InChI is InChI=1S/C15H21NO3S3/c1-10(7-20)14(17)16-13(15(18)19)9-22-8-11-3-5-12(21-2)6-4-11/h3-6,10,13,20H,7-9H2,1-2H3,(H,16,17)(H,18,19)/t10-,13+/m1/s1. The van der Waals surface area contributed by atoms with E-state index in [9.17, 15) is 14.7 Å². The molecule has 0 aromatic heterocycles. The number of hydrogen-bond donors (Lipinski definition) is 3. The Morgan fingerprint density at radius 2 is 1.95 bits per heavy atom. The van der Waals surface area contributed by atoms with Crippen LogP contribution >= 0.6 is 36.2 Å². The fraction of sp³-hybridized carbons (Fsp3) is 0.467. The second-order valence-electron chi connectivity index (χ2n) is 4.85. The molecule has 1 amide bonds. The molecular formula is C15H21NO3S3. The lowest BCUT2D eigenvalue weighted by Crippen LogP contribution is -2.45. The zero-order valence-electron chi connectivity index (χ0n) is 12.6. The lowest BCUT2D eigenvalue weighted by molar-refractivity contribution is -0.141. The van der Waals surface area contributed by atoms with E-state index in [0.29, 0.717) is 11.5 Å². The second kappa shape index (κ2) is 10.1. The van der Waals surface area contributed by atoms with Crippen LogP contribution in [0.5, 0.6) is 0 Å². The fourth-order valence-electron chi connectivity index (χ4n) is 1.59. The molecule has 2 atom stereocenters.